The maximum Gasteiger partial charge on any atom is 0.344 e. The highest BCUT2D eigenvalue weighted by Crippen LogP contribution is 2.41. The van der Waals surface area contributed by atoms with Crippen LogP contribution in [0.4, 0.5) is 15.8 Å². The van der Waals surface area contributed by atoms with Gasteiger partial charge in [-0.3, -0.25) is 10.1 Å². The molecule has 10 heteroatoms. The largest absolute Gasteiger partial charge is 0.506 e. The Morgan fingerprint density at radius 1 is 1.28 bits per heavy atom. The molecule has 2 aromatic rings. The molecule has 0 amide bonds. The van der Waals surface area contributed by atoms with E-state index in [2.05, 4.69) is 9.73 Å². The molecule has 0 radical (unpaired) electrons. The van der Waals surface area contributed by atoms with E-state index in [1.54, 1.807) is 6.07 Å². The fourth-order valence-electron chi connectivity index (χ4n) is 2.47. The molecule has 0 unspecified atom stereocenters. The molecular formula is C19H13FN2O6S. The summed E-state index contributed by atoms with van der Waals surface area (Å²) in [6.07, 6.45) is 1.37. The highest BCUT2D eigenvalue weighted by molar-refractivity contribution is 8.18. The first-order chi connectivity index (χ1) is 13.8. The average molecular weight is 416 g/mol. The summed E-state index contributed by atoms with van der Waals surface area (Å²) < 4.78 is 18.6. The van der Waals surface area contributed by atoms with Crippen LogP contribution in [0.15, 0.2) is 63.7 Å². The van der Waals surface area contributed by atoms with Crippen LogP contribution in [0.3, 0.4) is 0 Å². The first-order valence-corrected chi connectivity index (χ1v) is 8.86. The number of aliphatic hydroxyl groups excluding tert-OH is 1. The molecule has 1 aliphatic heterocycles. The van der Waals surface area contributed by atoms with Crippen molar-refractivity contribution in [3.8, 4) is 5.75 Å². The van der Waals surface area contributed by atoms with Crippen molar-refractivity contribution >= 4 is 40.2 Å². The zero-order chi connectivity index (χ0) is 21.1. The van der Waals surface area contributed by atoms with Crippen LogP contribution in [0.1, 0.15) is 5.56 Å². The number of esters is 1. The highest BCUT2D eigenvalue weighted by Gasteiger charge is 2.33. The average Bonchev–Trinajstić information content (AvgIpc) is 2.99. The Kier molecular flexibility index (Phi) is 5.64. The van der Waals surface area contributed by atoms with Crippen LogP contribution in [-0.2, 0) is 9.53 Å². The number of rotatable bonds is 4. The lowest BCUT2D eigenvalue weighted by Crippen LogP contribution is -2.10. The first-order valence-electron chi connectivity index (χ1n) is 8.04. The van der Waals surface area contributed by atoms with Gasteiger partial charge in [0.1, 0.15) is 27.9 Å². The lowest BCUT2D eigenvalue weighted by atomic mass is 10.1. The second kappa shape index (κ2) is 8.15. The molecule has 1 aliphatic rings. The minimum absolute atomic E-state index is 0.0129. The number of hydrogen-bond donors (Lipinski definition) is 2. The van der Waals surface area contributed by atoms with Crippen LogP contribution in [0.2, 0.25) is 0 Å². The molecule has 0 saturated heterocycles. The molecule has 2 N–H and O–H groups in total. The van der Waals surface area contributed by atoms with Crippen LogP contribution in [0.5, 0.6) is 5.75 Å². The van der Waals surface area contributed by atoms with Crippen LogP contribution >= 0.6 is 11.8 Å². The predicted octanol–water partition coefficient (Wildman–Crippen LogP) is 4.24. The number of nitro benzene ring substituents is 1. The number of phenols is 1. The van der Waals surface area contributed by atoms with Gasteiger partial charge in [-0.2, -0.15) is 0 Å². The zero-order valence-electron chi connectivity index (χ0n) is 14.8. The summed E-state index contributed by atoms with van der Waals surface area (Å²) in [6, 6.07) is 9.30. The maximum absolute atomic E-state index is 13.9. The van der Waals surface area contributed by atoms with Crippen molar-refractivity contribution in [1.29, 1.82) is 0 Å². The molecule has 0 spiro atoms. The van der Waals surface area contributed by atoms with Crippen molar-refractivity contribution in [2.24, 2.45) is 4.99 Å². The lowest BCUT2D eigenvalue weighted by Gasteiger charge is -2.02. The number of nitrogens with zero attached hydrogens (tertiary/aromatic N) is 2. The van der Waals surface area contributed by atoms with Crippen molar-refractivity contribution in [1.82, 2.24) is 0 Å². The number of aliphatic imine (C=N–C) groups is 1. The summed E-state index contributed by atoms with van der Waals surface area (Å²) in [4.78, 5) is 26.6. The van der Waals surface area contributed by atoms with Gasteiger partial charge in [0.15, 0.2) is 5.75 Å². The highest BCUT2D eigenvalue weighted by atomic mass is 32.2. The monoisotopic (exact) mass is 416 g/mol. The van der Waals surface area contributed by atoms with E-state index < -0.39 is 33.9 Å². The number of ether oxygens (including phenoxy) is 1. The van der Waals surface area contributed by atoms with Crippen molar-refractivity contribution < 1.29 is 29.1 Å². The van der Waals surface area contributed by atoms with E-state index in [1.165, 1.54) is 30.3 Å². The summed E-state index contributed by atoms with van der Waals surface area (Å²) in [5.41, 5.74) is -0.509. The van der Waals surface area contributed by atoms with Gasteiger partial charge in [0.25, 0.3) is 0 Å². The fourth-order valence-corrected chi connectivity index (χ4v) is 3.50. The Hall–Kier alpha value is -3.66. The number of aromatic hydroxyl groups is 1. The van der Waals surface area contributed by atoms with Crippen molar-refractivity contribution in [2.75, 3.05) is 7.11 Å². The van der Waals surface area contributed by atoms with E-state index in [4.69, 9.17) is 0 Å². The number of thioether (sulfide) groups is 1. The van der Waals surface area contributed by atoms with E-state index in [0.29, 0.717) is 5.56 Å². The van der Waals surface area contributed by atoms with Crippen molar-refractivity contribution in [3.63, 3.8) is 0 Å². The second-order valence-corrected chi connectivity index (χ2v) is 6.73. The summed E-state index contributed by atoms with van der Waals surface area (Å²) in [7, 11) is 1.12. The number of methoxy groups -OCH3 is 1. The number of hydrogen-bond acceptors (Lipinski definition) is 8. The van der Waals surface area contributed by atoms with Gasteiger partial charge in [0.2, 0.25) is 0 Å². The maximum atomic E-state index is 13.9. The van der Waals surface area contributed by atoms with Crippen LogP contribution < -0.4 is 0 Å². The molecule has 1 heterocycles. The van der Waals surface area contributed by atoms with Crippen molar-refractivity contribution in [3.05, 3.63) is 80.2 Å². The minimum atomic E-state index is -0.870. The number of nitro groups is 1. The number of phenolic OH excluding ortho intramolecular Hbond substituents is 1. The standard InChI is InChI=1S/C19H13FN2O6S/c1-28-19(25)16-17(24)15(9-10-6-7-14(23)13(8-10)22(26)27)29-18(16)21-12-5-3-2-4-11(12)20/h2-9,23-24H,1H3. The van der Waals surface area contributed by atoms with E-state index in [-0.39, 0.29) is 21.2 Å². The van der Waals surface area contributed by atoms with Gasteiger partial charge in [-0.25, -0.2) is 14.2 Å². The molecule has 0 aliphatic carbocycles. The molecule has 0 aromatic heterocycles. The van der Waals surface area contributed by atoms with Gasteiger partial charge in [-0.05, 0) is 29.8 Å². The molecule has 148 valence electrons. The fraction of sp³-hybridized carbons (Fsp3) is 0.0526. The van der Waals surface area contributed by atoms with Crippen molar-refractivity contribution in [2.45, 2.75) is 0 Å². The molecule has 0 saturated carbocycles. The molecule has 29 heavy (non-hydrogen) atoms. The Labute approximate surface area is 167 Å². The number of para-hydroxylation sites is 1. The number of carbonyl (C=O) groups excluding carboxylic acids is 1. The Balaban J connectivity index is 2.08. The zero-order valence-corrected chi connectivity index (χ0v) is 15.6. The van der Waals surface area contributed by atoms with Gasteiger partial charge >= 0.3 is 11.7 Å². The summed E-state index contributed by atoms with van der Waals surface area (Å²) in [6.45, 7) is 0. The topological polar surface area (TPSA) is 122 Å². The van der Waals surface area contributed by atoms with E-state index in [0.717, 1.165) is 31.0 Å². The minimum Gasteiger partial charge on any atom is -0.506 e. The number of carbonyl (C=O) groups is 1. The van der Waals surface area contributed by atoms with Crippen LogP contribution in [0, 0.1) is 15.9 Å². The molecule has 0 atom stereocenters. The Bertz CT molecular complexity index is 1110. The summed E-state index contributed by atoms with van der Waals surface area (Å²) in [5, 5.41) is 31.1. The third kappa shape index (κ3) is 4.11. The van der Waals surface area contributed by atoms with E-state index >= 15 is 0 Å². The molecule has 0 bridgehead atoms. The van der Waals surface area contributed by atoms with Gasteiger partial charge < -0.3 is 14.9 Å². The first kappa shape index (κ1) is 20.1. The Morgan fingerprint density at radius 3 is 2.66 bits per heavy atom. The molecule has 3 rings (SSSR count). The smallest absolute Gasteiger partial charge is 0.344 e. The number of aliphatic hydroxyl groups is 1. The van der Waals surface area contributed by atoms with E-state index in [1.807, 2.05) is 0 Å². The van der Waals surface area contributed by atoms with Crippen LogP contribution in [0.25, 0.3) is 6.08 Å². The molecule has 0 fully saturated rings. The summed E-state index contributed by atoms with van der Waals surface area (Å²) >= 11 is 0.875. The van der Waals surface area contributed by atoms with E-state index in [9.17, 15) is 29.5 Å². The lowest BCUT2D eigenvalue weighted by molar-refractivity contribution is -0.385. The Morgan fingerprint density at radius 2 is 2.00 bits per heavy atom. The summed E-state index contributed by atoms with van der Waals surface area (Å²) in [5.74, 6) is -2.44. The third-order valence-corrected chi connectivity index (χ3v) is 4.87. The van der Waals surface area contributed by atoms with Gasteiger partial charge in [0.05, 0.1) is 16.9 Å². The van der Waals surface area contributed by atoms with Crippen LogP contribution in [-0.4, -0.2) is 33.3 Å². The van der Waals surface area contributed by atoms with Gasteiger partial charge in [-0.1, -0.05) is 30.0 Å². The third-order valence-electron chi connectivity index (χ3n) is 3.85. The predicted molar refractivity (Wildman–Crippen MR) is 105 cm³/mol. The van der Waals surface area contributed by atoms with Gasteiger partial charge in [0, 0.05) is 6.07 Å². The normalized spacial score (nSPS) is 16.5. The molecular weight excluding hydrogens is 403 g/mol. The quantitative estimate of drug-likeness (QED) is 0.434. The molecule has 2 aromatic carbocycles. The number of benzene rings is 2. The molecule has 8 nitrogen and oxygen atoms in total. The van der Waals surface area contributed by atoms with Gasteiger partial charge in [-0.15, -0.1) is 0 Å². The second-order valence-electron chi connectivity index (χ2n) is 5.70. The number of halogens is 1. The SMILES string of the molecule is COC(=O)C1=C(O)C(=Cc2ccc(O)c([N+](=O)[O-])c2)SC1=Nc1ccccc1F.